The van der Waals surface area contributed by atoms with Gasteiger partial charge in [0.05, 0.1) is 30.0 Å². The molecule has 3 aromatic rings. The van der Waals surface area contributed by atoms with E-state index in [1.54, 1.807) is 24.7 Å². The Morgan fingerprint density at radius 1 is 1.20 bits per heavy atom. The third-order valence-electron chi connectivity index (χ3n) is 4.59. The number of hydrogen-bond acceptors (Lipinski definition) is 6. The van der Waals surface area contributed by atoms with E-state index in [0.29, 0.717) is 0 Å². The van der Waals surface area contributed by atoms with Gasteiger partial charge in [-0.15, -0.1) is 11.3 Å². The molecule has 0 bridgehead atoms. The van der Waals surface area contributed by atoms with Crippen molar-refractivity contribution in [1.82, 2.24) is 5.01 Å². The van der Waals surface area contributed by atoms with Crippen molar-refractivity contribution in [3.8, 4) is 11.5 Å². The minimum absolute atomic E-state index is 0.103. The highest BCUT2D eigenvalue weighted by molar-refractivity contribution is 7.12. The summed E-state index contributed by atoms with van der Waals surface area (Å²) in [6.45, 7) is 0. The summed E-state index contributed by atoms with van der Waals surface area (Å²) in [5, 5.41) is 8.96. The van der Waals surface area contributed by atoms with Crippen LogP contribution >= 0.6 is 11.3 Å². The average Bonchev–Trinajstić information content (AvgIpc) is 3.41. The third-order valence-corrected chi connectivity index (χ3v) is 5.51. The average molecular weight is 352 g/mol. The Morgan fingerprint density at radius 2 is 2.16 bits per heavy atom. The first kappa shape index (κ1) is 14.6. The molecule has 6 heteroatoms. The zero-order valence-electron chi connectivity index (χ0n) is 13.6. The van der Waals surface area contributed by atoms with E-state index in [1.807, 2.05) is 29.3 Å². The lowest BCUT2D eigenvalue weighted by Crippen LogP contribution is -2.33. The highest BCUT2D eigenvalue weighted by atomic mass is 32.1. The lowest BCUT2D eigenvalue weighted by atomic mass is 9.98. The Bertz CT molecular complexity index is 918. The molecule has 25 heavy (non-hydrogen) atoms. The van der Waals surface area contributed by atoms with Gasteiger partial charge < -0.3 is 13.9 Å². The molecular weight excluding hydrogens is 336 g/mol. The molecule has 1 aromatic carbocycles. The Morgan fingerprint density at radius 3 is 2.92 bits per heavy atom. The van der Waals surface area contributed by atoms with Crippen LogP contribution in [0.25, 0.3) is 0 Å². The molecule has 0 saturated heterocycles. The summed E-state index contributed by atoms with van der Waals surface area (Å²) in [4.78, 5) is 1.19. The van der Waals surface area contributed by atoms with E-state index < -0.39 is 6.23 Å². The molecule has 0 aliphatic carbocycles. The Kier molecular flexibility index (Phi) is 3.31. The number of methoxy groups -OCH3 is 1. The molecule has 0 spiro atoms. The van der Waals surface area contributed by atoms with Crippen LogP contribution in [-0.2, 0) is 0 Å². The number of hydrazone groups is 1. The summed E-state index contributed by atoms with van der Waals surface area (Å²) in [5.74, 6) is 2.24. The molecule has 2 aromatic heterocycles. The number of ether oxygens (including phenoxy) is 2. The maximum absolute atomic E-state index is 6.28. The Labute approximate surface area is 149 Å². The van der Waals surface area contributed by atoms with E-state index in [9.17, 15) is 0 Å². The van der Waals surface area contributed by atoms with Crippen molar-refractivity contribution in [2.75, 3.05) is 7.11 Å². The van der Waals surface area contributed by atoms with Crippen molar-refractivity contribution >= 4 is 17.0 Å². The van der Waals surface area contributed by atoms with Crippen LogP contribution in [0.3, 0.4) is 0 Å². The molecule has 0 saturated carbocycles. The number of hydrogen-bond donors (Lipinski definition) is 0. The van der Waals surface area contributed by atoms with E-state index in [2.05, 4.69) is 23.6 Å². The highest BCUT2D eigenvalue weighted by Crippen LogP contribution is 2.50. The molecule has 0 N–H and O–H groups in total. The van der Waals surface area contributed by atoms with Crippen LogP contribution in [-0.4, -0.2) is 17.8 Å². The Balaban J connectivity index is 1.63. The van der Waals surface area contributed by atoms with Gasteiger partial charge in [-0.2, -0.15) is 5.10 Å². The first-order valence-corrected chi connectivity index (χ1v) is 9.00. The zero-order chi connectivity index (χ0) is 16.8. The molecule has 2 aliphatic heterocycles. The number of nitrogens with zero attached hydrogens (tertiary/aromatic N) is 2. The maximum atomic E-state index is 6.28. The van der Waals surface area contributed by atoms with E-state index in [1.165, 1.54) is 4.88 Å². The maximum Gasteiger partial charge on any atom is 0.246 e. The van der Waals surface area contributed by atoms with E-state index in [-0.39, 0.29) is 6.04 Å². The smallest absolute Gasteiger partial charge is 0.246 e. The van der Waals surface area contributed by atoms with Gasteiger partial charge in [0.15, 0.2) is 17.3 Å². The molecule has 2 atom stereocenters. The van der Waals surface area contributed by atoms with Crippen LogP contribution in [0.2, 0.25) is 0 Å². The summed E-state index contributed by atoms with van der Waals surface area (Å²) in [6, 6.07) is 14.0. The summed E-state index contributed by atoms with van der Waals surface area (Å²) in [6.07, 6.45) is 2.09. The van der Waals surface area contributed by atoms with Crippen molar-refractivity contribution in [1.29, 1.82) is 0 Å². The lowest BCUT2D eigenvalue weighted by Gasteiger charge is -2.37. The monoisotopic (exact) mass is 352 g/mol. The van der Waals surface area contributed by atoms with Gasteiger partial charge in [-0.05, 0) is 29.6 Å². The van der Waals surface area contributed by atoms with Gasteiger partial charge in [0.2, 0.25) is 6.23 Å². The number of rotatable bonds is 3. The highest BCUT2D eigenvalue weighted by Gasteiger charge is 2.43. The summed E-state index contributed by atoms with van der Waals surface area (Å²) < 4.78 is 17.4. The molecule has 0 unspecified atom stereocenters. The number of benzene rings is 1. The standard InChI is InChI=1S/C19H16N2O3S/c1-22-15-6-2-5-12-14-11-13(17-8-4-10-25-17)20-21(14)19(24-18(12)15)16-7-3-9-23-16/h2-10,14,19H,11H2,1H3/t14-,19+/m1/s1. The second-order valence-electron chi connectivity index (χ2n) is 5.99. The quantitative estimate of drug-likeness (QED) is 0.691. The first-order valence-electron chi connectivity index (χ1n) is 8.12. The summed E-state index contributed by atoms with van der Waals surface area (Å²) in [5.41, 5.74) is 2.17. The third kappa shape index (κ3) is 2.25. The van der Waals surface area contributed by atoms with Crippen LogP contribution in [0.4, 0.5) is 0 Å². The number of para-hydroxylation sites is 1. The van der Waals surface area contributed by atoms with Crippen LogP contribution in [0.1, 0.15) is 34.9 Å². The predicted molar refractivity (Wildman–Crippen MR) is 95.1 cm³/mol. The van der Waals surface area contributed by atoms with Gasteiger partial charge in [0.1, 0.15) is 0 Å². The molecule has 0 amide bonds. The van der Waals surface area contributed by atoms with Crippen LogP contribution in [0.5, 0.6) is 11.5 Å². The lowest BCUT2D eigenvalue weighted by molar-refractivity contribution is -0.0342. The van der Waals surface area contributed by atoms with Crippen molar-refractivity contribution in [2.45, 2.75) is 18.7 Å². The van der Waals surface area contributed by atoms with Crippen LogP contribution < -0.4 is 9.47 Å². The van der Waals surface area contributed by atoms with Crippen molar-refractivity contribution in [3.63, 3.8) is 0 Å². The van der Waals surface area contributed by atoms with E-state index in [4.69, 9.17) is 19.0 Å². The second-order valence-corrected chi connectivity index (χ2v) is 6.94. The molecule has 5 rings (SSSR count). The second kappa shape index (κ2) is 5.67. The predicted octanol–water partition coefficient (Wildman–Crippen LogP) is 4.59. The first-order chi connectivity index (χ1) is 12.3. The van der Waals surface area contributed by atoms with Gasteiger partial charge in [-0.1, -0.05) is 18.2 Å². The van der Waals surface area contributed by atoms with Gasteiger partial charge in [0, 0.05) is 12.0 Å². The molecular formula is C19H16N2O3S. The van der Waals surface area contributed by atoms with Gasteiger partial charge in [-0.3, -0.25) is 0 Å². The topological polar surface area (TPSA) is 47.2 Å². The largest absolute Gasteiger partial charge is 0.493 e. The zero-order valence-corrected chi connectivity index (χ0v) is 14.4. The van der Waals surface area contributed by atoms with E-state index >= 15 is 0 Å². The summed E-state index contributed by atoms with van der Waals surface area (Å²) in [7, 11) is 1.66. The van der Waals surface area contributed by atoms with Crippen LogP contribution in [0.15, 0.2) is 63.6 Å². The number of furan rings is 1. The molecule has 126 valence electrons. The summed E-state index contributed by atoms with van der Waals surface area (Å²) >= 11 is 1.71. The molecule has 4 heterocycles. The number of fused-ring (bicyclic) bond motifs is 3. The van der Waals surface area contributed by atoms with E-state index in [0.717, 1.165) is 35.0 Å². The molecule has 0 radical (unpaired) electrons. The fourth-order valence-electron chi connectivity index (χ4n) is 3.46. The van der Waals surface area contributed by atoms with Crippen LogP contribution in [0, 0.1) is 0 Å². The SMILES string of the molecule is COc1cccc2c1O[C@@H](c1ccco1)N1N=C(c3cccs3)C[C@H]21. The normalized spacial score (nSPS) is 21.3. The fraction of sp³-hybridized carbons (Fsp3) is 0.211. The van der Waals surface area contributed by atoms with Crippen molar-refractivity contribution in [3.05, 3.63) is 70.3 Å². The number of thiophene rings is 1. The minimum Gasteiger partial charge on any atom is -0.493 e. The van der Waals surface area contributed by atoms with Gasteiger partial charge in [0.25, 0.3) is 0 Å². The van der Waals surface area contributed by atoms with Gasteiger partial charge in [-0.25, -0.2) is 5.01 Å². The molecule has 0 fully saturated rings. The molecule has 2 aliphatic rings. The minimum atomic E-state index is -0.402. The molecule has 5 nitrogen and oxygen atoms in total. The fourth-order valence-corrected chi connectivity index (χ4v) is 4.18. The Hall–Kier alpha value is -2.73. The van der Waals surface area contributed by atoms with Gasteiger partial charge >= 0.3 is 0 Å². The van der Waals surface area contributed by atoms with Crippen molar-refractivity contribution < 1.29 is 13.9 Å². The van der Waals surface area contributed by atoms with Crippen molar-refractivity contribution in [2.24, 2.45) is 5.10 Å².